The number of hydrogen-bond acceptors (Lipinski definition) is 3. The Bertz CT molecular complexity index is 805. The van der Waals surface area contributed by atoms with Gasteiger partial charge in [0.05, 0.1) is 13.2 Å². The zero-order valence-electron chi connectivity index (χ0n) is 16.9. The number of ether oxygens (including phenoxy) is 1. The highest BCUT2D eigenvalue weighted by molar-refractivity contribution is 5.80. The predicted molar refractivity (Wildman–Crippen MR) is 110 cm³/mol. The topological polar surface area (TPSA) is 48.9 Å². The van der Waals surface area contributed by atoms with Crippen molar-refractivity contribution in [1.82, 2.24) is 10.6 Å². The van der Waals surface area contributed by atoms with Gasteiger partial charge in [0, 0.05) is 33.4 Å². The fourth-order valence-corrected chi connectivity index (χ4v) is 2.77. The predicted octanol–water partition coefficient (Wildman–Crippen LogP) is 3.63. The zero-order valence-corrected chi connectivity index (χ0v) is 16.9. The molecule has 0 aliphatic rings. The first-order valence-corrected chi connectivity index (χ1v) is 8.93. The number of rotatable bonds is 6. The summed E-state index contributed by atoms with van der Waals surface area (Å²) in [5.74, 6) is 0.531. The average Bonchev–Trinajstić information content (AvgIpc) is 2.65. The number of methoxy groups -OCH3 is 1. The molecule has 0 aromatic heterocycles. The van der Waals surface area contributed by atoms with Crippen LogP contribution in [0.1, 0.15) is 29.7 Å². The maximum absolute atomic E-state index is 13.9. The SMILES string of the molecule is CN=C(NCc1ccc(N(C)C)cc1C)NC(C)c1ccc(OC)c(F)c1. The first-order valence-electron chi connectivity index (χ1n) is 8.93. The van der Waals surface area contributed by atoms with Crippen molar-refractivity contribution in [3.05, 3.63) is 58.9 Å². The number of benzene rings is 2. The summed E-state index contributed by atoms with van der Waals surface area (Å²) in [6, 6.07) is 11.2. The number of aliphatic imine (C=N–C) groups is 1. The minimum atomic E-state index is -0.372. The third-order valence-corrected chi connectivity index (χ3v) is 4.54. The second-order valence-corrected chi connectivity index (χ2v) is 6.69. The Balaban J connectivity index is 2.00. The summed E-state index contributed by atoms with van der Waals surface area (Å²) in [6.07, 6.45) is 0. The third-order valence-electron chi connectivity index (χ3n) is 4.54. The summed E-state index contributed by atoms with van der Waals surface area (Å²) in [6.45, 7) is 4.72. The van der Waals surface area contributed by atoms with Gasteiger partial charge >= 0.3 is 0 Å². The second kappa shape index (κ2) is 9.26. The molecule has 27 heavy (non-hydrogen) atoms. The number of guanidine groups is 1. The summed E-state index contributed by atoms with van der Waals surface area (Å²) in [7, 11) is 7.24. The molecule has 0 aliphatic carbocycles. The molecule has 5 nitrogen and oxygen atoms in total. The van der Waals surface area contributed by atoms with E-state index in [1.165, 1.54) is 30.0 Å². The Morgan fingerprint density at radius 1 is 1.22 bits per heavy atom. The van der Waals surface area contributed by atoms with Gasteiger partial charge in [0.2, 0.25) is 0 Å². The lowest BCUT2D eigenvalue weighted by atomic mass is 10.1. The summed E-state index contributed by atoms with van der Waals surface area (Å²) in [5, 5.41) is 6.61. The van der Waals surface area contributed by atoms with Gasteiger partial charge < -0.3 is 20.3 Å². The van der Waals surface area contributed by atoms with Gasteiger partial charge in [0.1, 0.15) is 0 Å². The number of aryl methyl sites for hydroxylation is 1. The van der Waals surface area contributed by atoms with Crippen molar-refractivity contribution in [3.63, 3.8) is 0 Å². The van der Waals surface area contributed by atoms with E-state index < -0.39 is 0 Å². The molecular formula is C21H29FN4O. The maximum Gasteiger partial charge on any atom is 0.191 e. The number of hydrogen-bond donors (Lipinski definition) is 2. The van der Waals surface area contributed by atoms with E-state index in [0.717, 1.165) is 5.56 Å². The van der Waals surface area contributed by atoms with E-state index in [1.807, 2.05) is 27.1 Å². The second-order valence-electron chi connectivity index (χ2n) is 6.69. The molecule has 0 heterocycles. The van der Waals surface area contributed by atoms with Crippen LogP contribution in [0.5, 0.6) is 5.75 Å². The maximum atomic E-state index is 13.9. The van der Waals surface area contributed by atoms with Crippen LogP contribution < -0.4 is 20.3 Å². The largest absolute Gasteiger partial charge is 0.494 e. The quantitative estimate of drug-likeness (QED) is 0.600. The Kier molecular flexibility index (Phi) is 7.05. The molecule has 0 bridgehead atoms. The van der Waals surface area contributed by atoms with Crippen LogP contribution in [0, 0.1) is 12.7 Å². The van der Waals surface area contributed by atoms with E-state index in [-0.39, 0.29) is 17.6 Å². The van der Waals surface area contributed by atoms with Crippen LogP contribution in [-0.2, 0) is 6.54 Å². The molecule has 1 unspecified atom stereocenters. The number of nitrogens with one attached hydrogen (secondary N) is 2. The van der Waals surface area contributed by atoms with Crippen molar-refractivity contribution in [2.75, 3.05) is 33.2 Å². The van der Waals surface area contributed by atoms with E-state index in [1.54, 1.807) is 13.1 Å². The van der Waals surface area contributed by atoms with Crippen molar-refractivity contribution in [3.8, 4) is 5.75 Å². The smallest absolute Gasteiger partial charge is 0.191 e. The average molecular weight is 372 g/mol. The Morgan fingerprint density at radius 3 is 2.52 bits per heavy atom. The molecule has 2 rings (SSSR count). The fourth-order valence-electron chi connectivity index (χ4n) is 2.77. The molecule has 0 amide bonds. The van der Waals surface area contributed by atoms with Crippen LogP contribution in [0.25, 0.3) is 0 Å². The van der Waals surface area contributed by atoms with Crippen LogP contribution in [0.4, 0.5) is 10.1 Å². The first kappa shape index (κ1) is 20.6. The standard InChI is InChI=1S/C21H29FN4O/c1-14-11-18(26(4)5)9-7-17(14)13-24-21(23-3)25-15(2)16-8-10-20(27-6)19(22)12-16/h7-12,15H,13H2,1-6H3,(H2,23,24,25). The molecule has 2 aromatic rings. The molecule has 2 aromatic carbocycles. The number of halogens is 1. The van der Waals surface area contributed by atoms with Gasteiger partial charge in [-0.05, 0) is 54.8 Å². The van der Waals surface area contributed by atoms with Gasteiger partial charge in [-0.1, -0.05) is 12.1 Å². The fraction of sp³-hybridized carbons (Fsp3) is 0.381. The Morgan fingerprint density at radius 2 is 1.96 bits per heavy atom. The Labute approximate surface area is 161 Å². The van der Waals surface area contributed by atoms with Gasteiger partial charge in [-0.15, -0.1) is 0 Å². The van der Waals surface area contributed by atoms with Gasteiger partial charge in [0.15, 0.2) is 17.5 Å². The highest BCUT2D eigenvalue weighted by Crippen LogP contribution is 2.22. The van der Waals surface area contributed by atoms with E-state index in [9.17, 15) is 4.39 Å². The molecule has 6 heteroatoms. The van der Waals surface area contributed by atoms with Gasteiger partial charge in [-0.25, -0.2) is 4.39 Å². The molecule has 0 aliphatic heterocycles. The lowest BCUT2D eigenvalue weighted by Crippen LogP contribution is -2.38. The van der Waals surface area contributed by atoms with Gasteiger partial charge in [-0.2, -0.15) is 0 Å². The van der Waals surface area contributed by atoms with Gasteiger partial charge in [-0.3, -0.25) is 4.99 Å². The molecule has 2 N–H and O–H groups in total. The third kappa shape index (κ3) is 5.36. The van der Waals surface area contributed by atoms with E-state index in [2.05, 4.69) is 45.6 Å². The zero-order chi connectivity index (χ0) is 20.0. The van der Waals surface area contributed by atoms with Crippen LogP contribution in [0.2, 0.25) is 0 Å². The number of anilines is 1. The highest BCUT2D eigenvalue weighted by Gasteiger charge is 2.11. The van der Waals surface area contributed by atoms with Crippen molar-refractivity contribution >= 4 is 11.6 Å². The molecule has 1 atom stereocenters. The summed E-state index contributed by atoms with van der Waals surface area (Å²) in [4.78, 5) is 6.35. The van der Waals surface area contributed by atoms with E-state index in [4.69, 9.17) is 4.74 Å². The van der Waals surface area contributed by atoms with Crippen LogP contribution in [0.3, 0.4) is 0 Å². The molecule has 0 saturated heterocycles. The van der Waals surface area contributed by atoms with Crippen LogP contribution >= 0.6 is 0 Å². The van der Waals surface area contributed by atoms with Gasteiger partial charge in [0.25, 0.3) is 0 Å². The molecule has 0 saturated carbocycles. The molecule has 146 valence electrons. The van der Waals surface area contributed by atoms with Crippen LogP contribution in [-0.4, -0.2) is 34.2 Å². The molecule has 0 spiro atoms. The van der Waals surface area contributed by atoms with E-state index >= 15 is 0 Å². The summed E-state index contributed by atoms with van der Waals surface area (Å²) >= 11 is 0. The van der Waals surface area contributed by atoms with Crippen molar-refractivity contribution in [1.29, 1.82) is 0 Å². The molecular weight excluding hydrogens is 343 g/mol. The van der Waals surface area contributed by atoms with Crippen molar-refractivity contribution in [2.45, 2.75) is 26.4 Å². The number of nitrogens with zero attached hydrogens (tertiary/aromatic N) is 2. The lowest BCUT2D eigenvalue weighted by Gasteiger charge is -2.20. The van der Waals surface area contributed by atoms with Crippen LogP contribution in [0.15, 0.2) is 41.4 Å². The Hall–Kier alpha value is -2.76. The minimum absolute atomic E-state index is 0.103. The van der Waals surface area contributed by atoms with E-state index in [0.29, 0.717) is 12.5 Å². The normalized spacial score (nSPS) is 12.5. The monoisotopic (exact) mass is 372 g/mol. The molecule has 0 radical (unpaired) electrons. The first-order chi connectivity index (χ1) is 12.8. The van der Waals surface area contributed by atoms with Crippen molar-refractivity contribution < 1.29 is 9.13 Å². The minimum Gasteiger partial charge on any atom is -0.494 e. The summed E-state index contributed by atoms with van der Waals surface area (Å²) < 4.78 is 18.9. The van der Waals surface area contributed by atoms with Crippen molar-refractivity contribution in [2.24, 2.45) is 4.99 Å². The highest BCUT2D eigenvalue weighted by atomic mass is 19.1. The summed E-state index contributed by atoms with van der Waals surface area (Å²) in [5.41, 5.74) is 4.41. The molecule has 0 fully saturated rings. The lowest BCUT2D eigenvalue weighted by molar-refractivity contribution is 0.386.